The highest BCUT2D eigenvalue weighted by Gasteiger charge is 2.04. The van der Waals surface area contributed by atoms with Gasteiger partial charge in [0.15, 0.2) is 0 Å². The molecule has 0 amide bonds. The van der Waals surface area contributed by atoms with Crippen LogP contribution in [0.25, 0.3) is 21.5 Å². The van der Waals surface area contributed by atoms with Crippen molar-refractivity contribution < 1.29 is 17.5 Å². The third kappa shape index (κ3) is 3.78. The van der Waals surface area contributed by atoms with E-state index in [1.54, 1.807) is 0 Å². The van der Waals surface area contributed by atoms with Gasteiger partial charge in [-0.3, -0.25) is 9.11 Å². The summed E-state index contributed by atoms with van der Waals surface area (Å²) in [6, 6.07) is 17.4. The van der Waals surface area contributed by atoms with Crippen molar-refractivity contribution in [2.24, 2.45) is 0 Å². The molecule has 0 saturated heterocycles. The first-order valence-corrected chi connectivity index (χ1v) is 7.74. The summed E-state index contributed by atoms with van der Waals surface area (Å²) in [5.74, 6) is 0. The minimum atomic E-state index is -4.67. The van der Waals surface area contributed by atoms with E-state index in [2.05, 4.69) is 62.4 Å². The molecule has 0 radical (unpaired) electrons. The van der Waals surface area contributed by atoms with Gasteiger partial charge in [-0.15, -0.1) is 0 Å². The maximum Gasteiger partial charge on any atom is 0.394 e. The predicted molar refractivity (Wildman–Crippen MR) is 85.1 cm³/mol. The van der Waals surface area contributed by atoms with Crippen LogP contribution in [-0.2, 0) is 10.4 Å². The van der Waals surface area contributed by atoms with E-state index in [1.807, 2.05) is 0 Å². The second-order valence-corrected chi connectivity index (χ2v) is 5.74. The molecule has 3 aromatic rings. The highest BCUT2D eigenvalue weighted by molar-refractivity contribution is 7.79. The lowest BCUT2D eigenvalue weighted by Crippen LogP contribution is -1.89. The van der Waals surface area contributed by atoms with E-state index >= 15 is 0 Å². The molecule has 2 N–H and O–H groups in total. The van der Waals surface area contributed by atoms with Crippen molar-refractivity contribution in [3.63, 3.8) is 0 Å². The lowest BCUT2D eigenvalue weighted by molar-refractivity contribution is 0.381. The van der Waals surface area contributed by atoms with Crippen LogP contribution >= 0.6 is 0 Å². The summed E-state index contributed by atoms with van der Waals surface area (Å²) in [5, 5.41) is 5.44. The molecular formula is C16H16O4S. The van der Waals surface area contributed by atoms with Crippen LogP contribution in [0.2, 0.25) is 0 Å². The van der Waals surface area contributed by atoms with Crippen LogP contribution in [0.4, 0.5) is 0 Å². The van der Waals surface area contributed by atoms with Gasteiger partial charge in [0.05, 0.1) is 0 Å². The molecule has 110 valence electrons. The van der Waals surface area contributed by atoms with Gasteiger partial charge < -0.3 is 0 Å². The molecule has 0 bridgehead atoms. The van der Waals surface area contributed by atoms with Gasteiger partial charge in [-0.25, -0.2) is 0 Å². The molecule has 0 fully saturated rings. The maximum absolute atomic E-state index is 8.74. The number of hydrogen-bond donors (Lipinski definition) is 2. The molecule has 3 rings (SSSR count). The van der Waals surface area contributed by atoms with E-state index in [-0.39, 0.29) is 0 Å². The van der Waals surface area contributed by atoms with Gasteiger partial charge in [-0.1, -0.05) is 42.5 Å². The minimum Gasteiger partial charge on any atom is -0.264 e. The number of rotatable bonds is 0. The second kappa shape index (κ2) is 5.81. The molecule has 5 heteroatoms. The molecule has 0 unspecified atom stereocenters. The number of benzene rings is 3. The maximum atomic E-state index is 8.74. The Bertz CT molecular complexity index is 891. The van der Waals surface area contributed by atoms with Crippen molar-refractivity contribution in [1.29, 1.82) is 0 Å². The first-order chi connectivity index (χ1) is 9.77. The standard InChI is InChI=1S/C16H14.H2O4S/c1-11-6-5-8-14-10-13-7-3-4-9-15(13)12(2)16(11)14;1-5(2,3)4/h3-10H,1-2H3;(H2,1,2,3,4). The van der Waals surface area contributed by atoms with E-state index in [1.165, 1.54) is 32.7 Å². The van der Waals surface area contributed by atoms with E-state index in [0.29, 0.717) is 0 Å². The second-order valence-electron chi connectivity index (χ2n) is 4.84. The average molecular weight is 304 g/mol. The molecule has 3 aromatic carbocycles. The van der Waals surface area contributed by atoms with Crippen molar-refractivity contribution in [2.45, 2.75) is 13.8 Å². The van der Waals surface area contributed by atoms with Crippen LogP contribution in [0.3, 0.4) is 0 Å². The predicted octanol–water partition coefficient (Wildman–Crippen LogP) is 3.96. The van der Waals surface area contributed by atoms with Crippen molar-refractivity contribution in [3.05, 3.63) is 59.7 Å². The van der Waals surface area contributed by atoms with Crippen LogP contribution in [0.1, 0.15) is 11.1 Å². The summed E-state index contributed by atoms with van der Waals surface area (Å²) in [6.07, 6.45) is 0. The average Bonchev–Trinajstić information content (AvgIpc) is 2.37. The van der Waals surface area contributed by atoms with E-state index in [4.69, 9.17) is 17.5 Å². The SMILES string of the molecule is Cc1cccc2cc3ccccc3c(C)c12.O=S(=O)(O)O. The molecule has 0 aliphatic rings. The Morgan fingerprint density at radius 1 is 0.857 bits per heavy atom. The lowest BCUT2D eigenvalue weighted by Gasteiger charge is -2.09. The summed E-state index contributed by atoms with van der Waals surface area (Å²) in [4.78, 5) is 0. The quantitative estimate of drug-likeness (QED) is 0.487. The Morgan fingerprint density at radius 3 is 2.10 bits per heavy atom. The van der Waals surface area contributed by atoms with Crippen molar-refractivity contribution in [2.75, 3.05) is 0 Å². The van der Waals surface area contributed by atoms with Crippen LogP contribution in [0.15, 0.2) is 48.5 Å². The first-order valence-electron chi connectivity index (χ1n) is 6.35. The van der Waals surface area contributed by atoms with E-state index in [0.717, 1.165) is 0 Å². The fraction of sp³-hybridized carbons (Fsp3) is 0.125. The molecule has 4 nitrogen and oxygen atoms in total. The zero-order valence-electron chi connectivity index (χ0n) is 11.7. The summed E-state index contributed by atoms with van der Waals surface area (Å²) < 4.78 is 31.6. The topological polar surface area (TPSA) is 74.6 Å². The van der Waals surface area contributed by atoms with Crippen LogP contribution in [0, 0.1) is 13.8 Å². The molecule has 0 atom stereocenters. The van der Waals surface area contributed by atoms with E-state index in [9.17, 15) is 0 Å². The number of hydrogen-bond acceptors (Lipinski definition) is 2. The normalized spacial score (nSPS) is 11.2. The monoisotopic (exact) mass is 304 g/mol. The summed E-state index contributed by atoms with van der Waals surface area (Å²) in [7, 11) is -4.67. The smallest absolute Gasteiger partial charge is 0.264 e. The number of aryl methyl sites for hydroxylation is 2. The molecule has 0 spiro atoms. The van der Waals surface area contributed by atoms with Crippen LogP contribution < -0.4 is 0 Å². The van der Waals surface area contributed by atoms with Gasteiger partial charge in [0.1, 0.15) is 0 Å². The van der Waals surface area contributed by atoms with Crippen molar-refractivity contribution >= 4 is 31.9 Å². The lowest BCUT2D eigenvalue weighted by atomic mass is 9.95. The van der Waals surface area contributed by atoms with E-state index < -0.39 is 10.4 Å². The molecule has 0 saturated carbocycles. The summed E-state index contributed by atoms with van der Waals surface area (Å²) in [6.45, 7) is 4.40. The van der Waals surface area contributed by atoms with Crippen molar-refractivity contribution in [1.82, 2.24) is 0 Å². The van der Waals surface area contributed by atoms with Gasteiger partial charge in [0.2, 0.25) is 0 Å². The van der Waals surface area contributed by atoms with Gasteiger partial charge in [-0.2, -0.15) is 8.42 Å². The van der Waals surface area contributed by atoms with Gasteiger partial charge in [0.25, 0.3) is 0 Å². The summed E-state index contributed by atoms with van der Waals surface area (Å²) >= 11 is 0. The minimum absolute atomic E-state index is 1.33. The Hall–Kier alpha value is -1.95. The molecule has 0 aliphatic heterocycles. The Morgan fingerprint density at radius 2 is 1.43 bits per heavy atom. The molecule has 21 heavy (non-hydrogen) atoms. The molecule has 0 heterocycles. The van der Waals surface area contributed by atoms with Gasteiger partial charge in [0, 0.05) is 0 Å². The van der Waals surface area contributed by atoms with Gasteiger partial charge >= 0.3 is 10.4 Å². The first kappa shape index (κ1) is 15.4. The Kier molecular flexibility index (Phi) is 4.27. The third-order valence-corrected chi connectivity index (χ3v) is 3.36. The fourth-order valence-corrected chi connectivity index (χ4v) is 2.59. The molecule has 0 aliphatic carbocycles. The molecular weight excluding hydrogens is 288 g/mol. The molecule has 0 aromatic heterocycles. The highest BCUT2D eigenvalue weighted by atomic mass is 32.3. The van der Waals surface area contributed by atoms with Gasteiger partial charge in [-0.05, 0) is 52.6 Å². The third-order valence-electron chi connectivity index (χ3n) is 3.36. The number of fused-ring (bicyclic) bond motifs is 2. The van der Waals surface area contributed by atoms with Crippen molar-refractivity contribution in [3.8, 4) is 0 Å². The van der Waals surface area contributed by atoms with Crippen LogP contribution in [0.5, 0.6) is 0 Å². The zero-order chi connectivity index (χ0) is 15.6. The zero-order valence-corrected chi connectivity index (χ0v) is 12.6. The largest absolute Gasteiger partial charge is 0.394 e. The Balaban J connectivity index is 0.000000282. The highest BCUT2D eigenvalue weighted by Crippen LogP contribution is 2.29. The van der Waals surface area contributed by atoms with Crippen LogP contribution in [-0.4, -0.2) is 17.5 Å². The Labute approximate surface area is 123 Å². The fourth-order valence-electron chi connectivity index (χ4n) is 2.59. The summed E-state index contributed by atoms with van der Waals surface area (Å²) in [5.41, 5.74) is 2.76.